The molecule has 0 aliphatic heterocycles. The van der Waals surface area contributed by atoms with E-state index in [0.717, 1.165) is 23.1 Å². The predicted octanol–water partition coefficient (Wildman–Crippen LogP) is 5.14. The van der Waals surface area contributed by atoms with Crippen molar-refractivity contribution in [2.24, 2.45) is 0 Å². The molecular formula is C26H28N2O2. The van der Waals surface area contributed by atoms with Crippen molar-refractivity contribution < 1.29 is 9.59 Å². The van der Waals surface area contributed by atoms with Crippen LogP contribution in [0, 0.1) is 6.92 Å². The lowest BCUT2D eigenvalue weighted by Crippen LogP contribution is -2.30. The Morgan fingerprint density at radius 2 is 1.50 bits per heavy atom. The molecule has 0 saturated heterocycles. The second-order valence-electron chi connectivity index (χ2n) is 7.57. The van der Waals surface area contributed by atoms with E-state index in [2.05, 4.69) is 36.2 Å². The summed E-state index contributed by atoms with van der Waals surface area (Å²) in [6.45, 7) is 5.09. The molecule has 4 nitrogen and oxygen atoms in total. The lowest BCUT2D eigenvalue weighted by molar-refractivity contribution is -0.132. The Morgan fingerprint density at radius 1 is 0.833 bits per heavy atom. The summed E-state index contributed by atoms with van der Waals surface area (Å²) >= 11 is 0. The molecule has 0 radical (unpaired) electrons. The van der Waals surface area contributed by atoms with Gasteiger partial charge in [0.1, 0.15) is 0 Å². The Morgan fingerprint density at radius 3 is 2.13 bits per heavy atom. The molecule has 2 aromatic carbocycles. The molecule has 1 heterocycles. The first kappa shape index (κ1) is 21.4. The van der Waals surface area contributed by atoms with Gasteiger partial charge in [-0.05, 0) is 36.1 Å². The molecule has 1 amide bonds. The van der Waals surface area contributed by atoms with E-state index in [9.17, 15) is 9.59 Å². The molecule has 154 valence electrons. The molecule has 3 aromatic rings. The number of rotatable bonds is 9. The highest BCUT2D eigenvalue weighted by Crippen LogP contribution is 2.15. The number of ketones is 1. The van der Waals surface area contributed by atoms with Crippen LogP contribution in [0.15, 0.2) is 73.1 Å². The minimum atomic E-state index is -0.0288. The Balaban J connectivity index is 1.68. The number of carbonyl (C=O) groups is 2. The van der Waals surface area contributed by atoms with Crippen LogP contribution >= 0.6 is 0 Å². The minimum absolute atomic E-state index is 0.00280. The molecule has 0 spiro atoms. The fraction of sp³-hybridized carbons (Fsp3) is 0.269. The molecule has 0 unspecified atom stereocenters. The molecule has 0 aliphatic carbocycles. The van der Waals surface area contributed by atoms with Gasteiger partial charge >= 0.3 is 0 Å². The number of amides is 1. The number of hydrogen-bond acceptors (Lipinski definition) is 3. The van der Waals surface area contributed by atoms with E-state index >= 15 is 0 Å². The Bertz CT molecular complexity index is 964. The van der Waals surface area contributed by atoms with Crippen molar-refractivity contribution in [1.82, 2.24) is 9.88 Å². The van der Waals surface area contributed by atoms with Gasteiger partial charge in [-0.25, -0.2) is 0 Å². The number of aromatic nitrogens is 1. The predicted molar refractivity (Wildman–Crippen MR) is 119 cm³/mol. The summed E-state index contributed by atoms with van der Waals surface area (Å²) < 4.78 is 0. The molecule has 0 aliphatic rings. The number of pyridine rings is 1. The molecule has 4 heteroatoms. The standard InChI is InChI=1S/C26H28N2O2/c1-3-21-8-10-22(11-9-21)18-28(19-23-5-4-16-27-17-23)26(30)15-14-25(29)24-12-6-20(2)7-13-24/h4-13,16-17H,3,14-15,18-19H2,1-2H3. The Kier molecular flexibility index (Phi) is 7.50. The van der Waals surface area contributed by atoms with Gasteiger partial charge < -0.3 is 4.90 Å². The van der Waals surface area contributed by atoms with Crippen molar-refractivity contribution in [2.45, 2.75) is 46.2 Å². The van der Waals surface area contributed by atoms with Gasteiger partial charge in [0.25, 0.3) is 0 Å². The van der Waals surface area contributed by atoms with Crippen LogP contribution in [0.1, 0.15) is 52.4 Å². The maximum Gasteiger partial charge on any atom is 0.223 e. The first-order valence-electron chi connectivity index (χ1n) is 10.4. The van der Waals surface area contributed by atoms with Crippen molar-refractivity contribution in [3.05, 3.63) is 101 Å². The molecule has 1 aromatic heterocycles. The van der Waals surface area contributed by atoms with Gasteiger partial charge in [-0.1, -0.05) is 67.1 Å². The SMILES string of the molecule is CCc1ccc(CN(Cc2cccnc2)C(=O)CCC(=O)c2ccc(C)cc2)cc1. The van der Waals surface area contributed by atoms with E-state index in [1.54, 1.807) is 17.3 Å². The zero-order chi connectivity index (χ0) is 21.3. The van der Waals surface area contributed by atoms with Crippen molar-refractivity contribution in [3.63, 3.8) is 0 Å². The summed E-state index contributed by atoms with van der Waals surface area (Å²) in [5, 5.41) is 0. The number of carbonyl (C=O) groups excluding carboxylic acids is 2. The second kappa shape index (κ2) is 10.5. The fourth-order valence-electron chi connectivity index (χ4n) is 3.31. The highest BCUT2D eigenvalue weighted by atomic mass is 16.2. The second-order valence-corrected chi connectivity index (χ2v) is 7.57. The summed E-state index contributed by atoms with van der Waals surface area (Å²) in [6.07, 6.45) is 4.89. The average Bonchev–Trinajstić information content (AvgIpc) is 2.78. The monoisotopic (exact) mass is 400 g/mol. The van der Waals surface area contributed by atoms with Crippen molar-refractivity contribution in [3.8, 4) is 0 Å². The van der Waals surface area contributed by atoms with Crippen LogP contribution in [0.2, 0.25) is 0 Å². The van der Waals surface area contributed by atoms with Crippen LogP contribution in [-0.2, 0) is 24.3 Å². The van der Waals surface area contributed by atoms with Crippen molar-refractivity contribution in [2.75, 3.05) is 0 Å². The van der Waals surface area contributed by atoms with E-state index in [0.29, 0.717) is 18.7 Å². The third-order valence-corrected chi connectivity index (χ3v) is 5.19. The van der Waals surface area contributed by atoms with Crippen molar-refractivity contribution >= 4 is 11.7 Å². The van der Waals surface area contributed by atoms with Crippen LogP contribution < -0.4 is 0 Å². The number of benzene rings is 2. The van der Waals surface area contributed by atoms with Crippen molar-refractivity contribution in [1.29, 1.82) is 0 Å². The topological polar surface area (TPSA) is 50.3 Å². The number of nitrogens with zero attached hydrogens (tertiary/aromatic N) is 2. The molecular weight excluding hydrogens is 372 g/mol. The Hall–Kier alpha value is -3.27. The van der Waals surface area contributed by atoms with E-state index in [1.165, 1.54) is 5.56 Å². The molecule has 30 heavy (non-hydrogen) atoms. The lowest BCUT2D eigenvalue weighted by atomic mass is 10.0. The van der Waals surface area contributed by atoms with Crippen LogP contribution in [0.3, 0.4) is 0 Å². The number of hydrogen-bond donors (Lipinski definition) is 0. The number of aryl methyl sites for hydroxylation is 2. The van der Waals surface area contributed by atoms with Gasteiger partial charge in [0.05, 0.1) is 0 Å². The van der Waals surface area contributed by atoms with Crippen LogP contribution in [0.4, 0.5) is 0 Å². The lowest BCUT2D eigenvalue weighted by Gasteiger charge is -2.23. The molecule has 0 atom stereocenters. The normalized spacial score (nSPS) is 10.6. The van der Waals surface area contributed by atoms with Gasteiger partial charge in [0, 0.05) is 43.9 Å². The first-order chi connectivity index (χ1) is 14.5. The van der Waals surface area contributed by atoms with E-state index in [4.69, 9.17) is 0 Å². The maximum absolute atomic E-state index is 13.0. The maximum atomic E-state index is 13.0. The van der Waals surface area contributed by atoms with Gasteiger partial charge in [-0.3, -0.25) is 14.6 Å². The van der Waals surface area contributed by atoms with Gasteiger partial charge in [-0.15, -0.1) is 0 Å². The third kappa shape index (κ3) is 6.11. The fourth-order valence-corrected chi connectivity index (χ4v) is 3.31. The van der Waals surface area contributed by atoms with Gasteiger partial charge in [-0.2, -0.15) is 0 Å². The van der Waals surface area contributed by atoms with E-state index < -0.39 is 0 Å². The molecule has 0 N–H and O–H groups in total. The smallest absolute Gasteiger partial charge is 0.223 e. The summed E-state index contributed by atoms with van der Waals surface area (Å²) in [5.74, 6) is -0.0316. The van der Waals surface area contributed by atoms with Gasteiger partial charge in [0.15, 0.2) is 5.78 Å². The zero-order valence-corrected chi connectivity index (χ0v) is 17.7. The van der Waals surface area contributed by atoms with Gasteiger partial charge in [0.2, 0.25) is 5.91 Å². The summed E-state index contributed by atoms with van der Waals surface area (Å²) in [7, 11) is 0. The minimum Gasteiger partial charge on any atom is -0.334 e. The third-order valence-electron chi connectivity index (χ3n) is 5.19. The molecule has 0 bridgehead atoms. The van der Waals surface area contributed by atoms with Crippen LogP contribution in [0.25, 0.3) is 0 Å². The van der Waals surface area contributed by atoms with Crippen LogP contribution in [-0.4, -0.2) is 21.6 Å². The van der Waals surface area contributed by atoms with E-state index in [-0.39, 0.29) is 24.5 Å². The molecule has 0 fully saturated rings. The average molecular weight is 401 g/mol. The highest BCUT2D eigenvalue weighted by molar-refractivity contribution is 5.97. The number of Topliss-reactive ketones (excluding diaryl/α,β-unsaturated/α-hetero) is 1. The van der Waals surface area contributed by atoms with Crippen LogP contribution in [0.5, 0.6) is 0 Å². The summed E-state index contributed by atoms with van der Waals surface area (Å²) in [4.78, 5) is 31.5. The first-order valence-corrected chi connectivity index (χ1v) is 10.4. The summed E-state index contributed by atoms with van der Waals surface area (Å²) in [6, 6.07) is 19.7. The molecule has 0 saturated carbocycles. The zero-order valence-electron chi connectivity index (χ0n) is 17.7. The summed E-state index contributed by atoms with van der Waals surface area (Å²) in [5.41, 5.74) is 5.09. The highest BCUT2D eigenvalue weighted by Gasteiger charge is 2.17. The largest absolute Gasteiger partial charge is 0.334 e. The van der Waals surface area contributed by atoms with E-state index in [1.807, 2.05) is 43.3 Å². The molecule has 3 rings (SSSR count). The Labute approximate surface area is 178 Å². The quantitative estimate of drug-likeness (QED) is 0.467.